The van der Waals surface area contributed by atoms with Gasteiger partial charge in [0.05, 0.1) is 5.69 Å². The van der Waals surface area contributed by atoms with Crippen molar-refractivity contribution in [2.24, 2.45) is 0 Å². The molecule has 0 aliphatic carbocycles. The fourth-order valence-electron chi connectivity index (χ4n) is 4.47. The molecule has 8 heteroatoms. The summed E-state index contributed by atoms with van der Waals surface area (Å²) in [5.74, 6) is -0.0815. The standard InChI is InChI=1S/C32H26ClN5O2/c1-21-10-12-23(13-11-21)30(39)29-28(20-34)31(38(37-29)25-16-14-24(33)15-17-25)35-18-5-19-36-32(40)27-9-4-7-22-6-2-3-8-26(22)27/h2-4,6-17,35H,5,18-19H2,1H3,(H,36,40). The lowest BCUT2D eigenvalue weighted by Gasteiger charge is -2.11. The highest BCUT2D eigenvalue weighted by Crippen LogP contribution is 2.26. The van der Waals surface area contributed by atoms with Gasteiger partial charge in [0.15, 0.2) is 5.69 Å². The smallest absolute Gasteiger partial charge is 0.251 e. The van der Waals surface area contributed by atoms with Crippen molar-refractivity contribution in [2.75, 3.05) is 18.4 Å². The third-order valence-electron chi connectivity index (χ3n) is 6.56. The molecule has 4 aromatic carbocycles. The van der Waals surface area contributed by atoms with Crippen molar-refractivity contribution in [1.29, 1.82) is 5.26 Å². The largest absolute Gasteiger partial charge is 0.369 e. The summed E-state index contributed by atoms with van der Waals surface area (Å²) in [6, 6.07) is 29.7. The van der Waals surface area contributed by atoms with E-state index in [1.54, 1.807) is 41.1 Å². The number of hydrogen-bond acceptors (Lipinski definition) is 5. The van der Waals surface area contributed by atoms with Crippen molar-refractivity contribution in [3.8, 4) is 11.8 Å². The highest BCUT2D eigenvalue weighted by Gasteiger charge is 2.25. The number of amides is 1. The number of nitriles is 1. The lowest BCUT2D eigenvalue weighted by Crippen LogP contribution is -2.26. The van der Waals surface area contributed by atoms with Gasteiger partial charge in [-0.25, -0.2) is 4.68 Å². The molecule has 0 aliphatic heterocycles. The van der Waals surface area contributed by atoms with Gasteiger partial charge >= 0.3 is 0 Å². The normalized spacial score (nSPS) is 10.7. The summed E-state index contributed by atoms with van der Waals surface area (Å²) in [6.07, 6.45) is 0.578. The summed E-state index contributed by atoms with van der Waals surface area (Å²) in [6.45, 7) is 2.79. The van der Waals surface area contributed by atoms with E-state index in [1.165, 1.54) is 0 Å². The van der Waals surface area contributed by atoms with Crippen LogP contribution in [0.25, 0.3) is 16.5 Å². The Balaban J connectivity index is 1.34. The molecule has 1 aromatic heterocycles. The maximum absolute atomic E-state index is 13.3. The topological polar surface area (TPSA) is 99.8 Å². The Morgan fingerprint density at radius 2 is 1.65 bits per heavy atom. The minimum Gasteiger partial charge on any atom is -0.369 e. The maximum Gasteiger partial charge on any atom is 0.251 e. The number of halogens is 1. The first-order chi connectivity index (χ1) is 19.5. The van der Waals surface area contributed by atoms with E-state index in [0.29, 0.717) is 47.2 Å². The van der Waals surface area contributed by atoms with Crippen LogP contribution in [-0.4, -0.2) is 34.6 Å². The van der Waals surface area contributed by atoms with Crippen LogP contribution in [0.2, 0.25) is 5.02 Å². The predicted octanol–water partition coefficient (Wildman–Crippen LogP) is 6.32. The van der Waals surface area contributed by atoms with Crippen LogP contribution in [0.1, 0.15) is 44.0 Å². The van der Waals surface area contributed by atoms with Gasteiger partial charge in [-0.2, -0.15) is 10.4 Å². The molecule has 5 aromatic rings. The number of aromatic nitrogens is 2. The van der Waals surface area contributed by atoms with Gasteiger partial charge in [-0.1, -0.05) is 77.8 Å². The lowest BCUT2D eigenvalue weighted by molar-refractivity contribution is 0.0954. The molecule has 5 rings (SSSR count). The zero-order valence-corrected chi connectivity index (χ0v) is 22.6. The number of fused-ring (bicyclic) bond motifs is 1. The molecule has 0 unspecified atom stereocenters. The average molecular weight is 548 g/mol. The summed E-state index contributed by atoms with van der Waals surface area (Å²) in [5, 5.41) is 23.3. The van der Waals surface area contributed by atoms with Gasteiger partial charge < -0.3 is 10.6 Å². The third kappa shape index (κ3) is 5.58. The van der Waals surface area contributed by atoms with Gasteiger partial charge in [0.1, 0.15) is 17.5 Å². The van der Waals surface area contributed by atoms with Crippen LogP contribution >= 0.6 is 11.6 Å². The Hall–Kier alpha value is -4.93. The van der Waals surface area contributed by atoms with Crippen LogP contribution in [0.4, 0.5) is 5.82 Å². The predicted molar refractivity (Wildman–Crippen MR) is 157 cm³/mol. The van der Waals surface area contributed by atoms with E-state index < -0.39 is 0 Å². The number of carbonyl (C=O) groups excluding carboxylic acids is 2. The average Bonchev–Trinajstić information content (AvgIpc) is 3.35. The molecule has 1 heterocycles. The SMILES string of the molecule is Cc1ccc(C(=O)c2nn(-c3ccc(Cl)cc3)c(NCCCNC(=O)c3cccc4ccccc34)c2C#N)cc1. The minimum atomic E-state index is -0.338. The Bertz CT molecular complexity index is 1730. The highest BCUT2D eigenvalue weighted by molar-refractivity contribution is 6.30. The number of carbonyl (C=O) groups is 2. The summed E-state index contributed by atoms with van der Waals surface area (Å²) < 4.78 is 1.55. The molecule has 198 valence electrons. The molecule has 0 spiro atoms. The van der Waals surface area contributed by atoms with Crippen molar-refractivity contribution in [3.05, 3.63) is 124 Å². The summed E-state index contributed by atoms with van der Waals surface area (Å²) in [7, 11) is 0. The number of ketones is 1. The monoisotopic (exact) mass is 547 g/mol. The van der Waals surface area contributed by atoms with E-state index in [2.05, 4.69) is 21.8 Å². The third-order valence-corrected chi connectivity index (χ3v) is 6.82. The van der Waals surface area contributed by atoms with E-state index in [-0.39, 0.29) is 22.9 Å². The molecule has 40 heavy (non-hydrogen) atoms. The number of rotatable bonds is 9. The zero-order chi connectivity index (χ0) is 28.1. The lowest BCUT2D eigenvalue weighted by atomic mass is 10.0. The molecular weight excluding hydrogens is 522 g/mol. The summed E-state index contributed by atoms with van der Waals surface area (Å²) in [5.41, 5.74) is 2.96. The molecule has 2 N–H and O–H groups in total. The van der Waals surface area contributed by atoms with Crippen molar-refractivity contribution in [3.63, 3.8) is 0 Å². The Morgan fingerprint density at radius 1 is 0.925 bits per heavy atom. The van der Waals surface area contributed by atoms with Crippen LogP contribution in [-0.2, 0) is 0 Å². The van der Waals surface area contributed by atoms with E-state index in [4.69, 9.17) is 11.6 Å². The van der Waals surface area contributed by atoms with E-state index >= 15 is 0 Å². The number of aryl methyl sites for hydroxylation is 1. The first kappa shape index (κ1) is 26.7. The minimum absolute atomic E-state index is 0.0630. The molecule has 1 amide bonds. The fraction of sp³-hybridized carbons (Fsp3) is 0.125. The van der Waals surface area contributed by atoms with Crippen molar-refractivity contribution in [1.82, 2.24) is 15.1 Å². The van der Waals surface area contributed by atoms with E-state index in [1.807, 2.05) is 61.5 Å². The van der Waals surface area contributed by atoms with Crippen LogP contribution in [0.15, 0.2) is 91.0 Å². The molecular formula is C32H26ClN5O2. The molecule has 0 saturated heterocycles. The molecule has 0 bridgehead atoms. The van der Waals surface area contributed by atoms with Crippen molar-refractivity contribution in [2.45, 2.75) is 13.3 Å². The first-order valence-electron chi connectivity index (χ1n) is 12.9. The molecule has 0 atom stereocenters. The van der Waals surface area contributed by atoms with Gasteiger partial charge in [0.25, 0.3) is 5.91 Å². The second-order valence-electron chi connectivity index (χ2n) is 9.33. The number of benzene rings is 4. The van der Waals surface area contributed by atoms with Gasteiger partial charge in [-0.15, -0.1) is 0 Å². The fourth-order valence-corrected chi connectivity index (χ4v) is 4.60. The Morgan fingerprint density at radius 3 is 2.40 bits per heavy atom. The Labute approximate surface area is 237 Å². The maximum atomic E-state index is 13.3. The number of nitrogens with zero attached hydrogens (tertiary/aromatic N) is 3. The quantitative estimate of drug-likeness (QED) is 0.166. The van der Waals surface area contributed by atoms with Crippen LogP contribution in [0.3, 0.4) is 0 Å². The van der Waals surface area contributed by atoms with Gasteiger partial charge in [0.2, 0.25) is 5.78 Å². The first-order valence-corrected chi connectivity index (χ1v) is 13.2. The zero-order valence-electron chi connectivity index (χ0n) is 21.8. The molecule has 0 radical (unpaired) electrons. The van der Waals surface area contributed by atoms with Crippen LogP contribution in [0.5, 0.6) is 0 Å². The second-order valence-corrected chi connectivity index (χ2v) is 9.77. The Kier molecular flexibility index (Phi) is 7.90. The highest BCUT2D eigenvalue weighted by atomic mass is 35.5. The molecule has 0 aliphatic rings. The van der Waals surface area contributed by atoms with Crippen LogP contribution in [0, 0.1) is 18.3 Å². The van der Waals surface area contributed by atoms with E-state index in [9.17, 15) is 14.9 Å². The molecule has 0 saturated carbocycles. The molecule has 0 fully saturated rings. The van der Waals surface area contributed by atoms with Crippen molar-refractivity contribution < 1.29 is 9.59 Å². The number of anilines is 1. The molecule has 7 nitrogen and oxygen atoms in total. The van der Waals surface area contributed by atoms with E-state index in [0.717, 1.165) is 16.3 Å². The number of nitrogens with one attached hydrogen (secondary N) is 2. The summed E-state index contributed by atoms with van der Waals surface area (Å²) in [4.78, 5) is 26.2. The van der Waals surface area contributed by atoms with Gasteiger partial charge in [0, 0.05) is 29.2 Å². The van der Waals surface area contributed by atoms with Gasteiger partial charge in [-0.3, -0.25) is 9.59 Å². The van der Waals surface area contributed by atoms with Crippen LogP contribution < -0.4 is 10.6 Å². The van der Waals surface area contributed by atoms with Gasteiger partial charge in [-0.05, 0) is 54.4 Å². The van der Waals surface area contributed by atoms with Crippen molar-refractivity contribution >= 4 is 39.9 Å². The number of hydrogen-bond donors (Lipinski definition) is 2. The second kappa shape index (κ2) is 11.9. The summed E-state index contributed by atoms with van der Waals surface area (Å²) >= 11 is 6.08.